The van der Waals surface area contributed by atoms with E-state index in [1.165, 1.54) is 18.2 Å². The number of rotatable bonds is 3. The van der Waals surface area contributed by atoms with Crippen molar-refractivity contribution in [2.75, 3.05) is 16.8 Å². The Hall–Kier alpha value is -1.60. The number of amides is 2. The van der Waals surface area contributed by atoms with E-state index in [0.717, 1.165) is 0 Å². The van der Waals surface area contributed by atoms with E-state index in [1.807, 2.05) is 0 Å². The van der Waals surface area contributed by atoms with E-state index in [4.69, 9.17) is 17.3 Å². The lowest BCUT2D eigenvalue weighted by atomic mass is 10.1. The molecule has 2 amide bonds. The zero-order valence-corrected chi connectivity index (χ0v) is 12.0. The molecule has 1 heterocycles. The first kappa shape index (κ1) is 14.8. The molecule has 108 valence electrons. The van der Waals surface area contributed by atoms with Crippen LogP contribution in [-0.2, 0) is 14.6 Å². The van der Waals surface area contributed by atoms with Gasteiger partial charge in [0.2, 0.25) is 11.8 Å². The van der Waals surface area contributed by atoms with Crippen LogP contribution >= 0.6 is 11.6 Å². The number of primary amides is 1. The Balaban J connectivity index is 2.13. The number of nitrogens with two attached hydrogens (primary N) is 1. The van der Waals surface area contributed by atoms with Gasteiger partial charge in [0.15, 0.2) is 9.84 Å². The van der Waals surface area contributed by atoms with Crippen LogP contribution in [0, 0.1) is 5.92 Å². The summed E-state index contributed by atoms with van der Waals surface area (Å²) in [7, 11) is -3.12. The highest BCUT2D eigenvalue weighted by atomic mass is 35.5. The first-order chi connectivity index (χ1) is 9.28. The summed E-state index contributed by atoms with van der Waals surface area (Å²) in [4.78, 5) is 23.1. The van der Waals surface area contributed by atoms with Gasteiger partial charge in [0.1, 0.15) is 0 Å². The van der Waals surface area contributed by atoms with E-state index in [0.29, 0.717) is 12.1 Å². The molecule has 0 bridgehead atoms. The standard InChI is InChI=1S/C12H13ClN2O4S/c13-10-2-1-8(5-9(10)11(14)16)15-12(17)7-3-4-20(18,19)6-7/h1-2,5,7H,3-4,6H2,(H2,14,16)(H,15,17)/t7-/m0/s1. The quantitative estimate of drug-likeness (QED) is 0.860. The molecular weight excluding hydrogens is 304 g/mol. The second kappa shape index (κ2) is 5.41. The zero-order valence-electron chi connectivity index (χ0n) is 10.4. The molecule has 0 saturated carbocycles. The summed E-state index contributed by atoms with van der Waals surface area (Å²) in [6.45, 7) is 0. The van der Waals surface area contributed by atoms with Crippen molar-refractivity contribution in [3.8, 4) is 0 Å². The van der Waals surface area contributed by atoms with Crippen molar-refractivity contribution in [1.29, 1.82) is 0 Å². The van der Waals surface area contributed by atoms with Crippen LogP contribution in [0.5, 0.6) is 0 Å². The molecule has 0 radical (unpaired) electrons. The van der Waals surface area contributed by atoms with E-state index in [2.05, 4.69) is 5.32 Å². The molecular formula is C12H13ClN2O4S. The first-order valence-corrected chi connectivity index (χ1v) is 8.09. The van der Waals surface area contributed by atoms with Crippen molar-refractivity contribution < 1.29 is 18.0 Å². The maximum Gasteiger partial charge on any atom is 0.250 e. The first-order valence-electron chi connectivity index (χ1n) is 5.89. The molecule has 1 saturated heterocycles. The molecule has 8 heteroatoms. The Morgan fingerprint density at radius 1 is 1.35 bits per heavy atom. The van der Waals surface area contributed by atoms with Gasteiger partial charge in [-0.15, -0.1) is 0 Å². The van der Waals surface area contributed by atoms with E-state index >= 15 is 0 Å². The average molecular weight is 317 g/mol. The summed E-state index contributed by atoms with van der Waals surface area (Å²) in [5, 5.41) is 2.77. The Morgan fingerprint density at radius 3 is 2.60 bits per heavy atom. The van der Waals surface area contributed by atoms with Crippen LogP contribution in [-0.4, -0.2) is 31.7 Å². The van der Waals surface area contributed by atoms with Gasteiger partial charge in [0.05, 0.1) is 28.0 Å². The number of benzene rings is 1. The molecule has 1 fully saturated rings. The number of carbonyl (C=O) groups is 2. The van der Waals surface area contributed by atoms with Gasteiger partial charge in [-0.05, 0) is 24.6 Å². The van der Waals surface area contributed by atoms with Gasteiger partial charge >= 0.3 is 0 Å². The van der Waals surface area contributed by atoms with Gasteiger partial charge in [0, 0.05) is 5.69 Å². The van der Waals surface area contributed by atoms with E-state index < -0.39 is 21.7 Å². The van der Waals surface area contributed by atoms with Gasteiger partial charge < -0.3 is 11.1 Å². The molecule has 0 unspecified atom stereocenters. The zero-order chi connectivity index (χ0) is 14.9. The van der Waals surface area contributed by atoms with Gasteiger partial charge in [-0.3, -0.25) is 9.59 Å². The minimum Gasteiger partial charge on any atom is -0.366 e. The van der Waals surface area contributed by atoms with Crippen LogP contribution in [0.15, 0.2) is 18.2 Å². The topological polar surface area (TPSA) is 106 Å². The van der Waals surface area contributed by atoms with Gasteiger partial charge in [-0.25, -0.2) is 8.42 Å². The van der Waals surface area contributed by atoms with Crippen molar-refractivity contribution in [3.63, 3.8) is 0 Å². The third-order valence-corrected chi connectivity index (χ3v) is 5.20. The van der Waals surface area contributed by atoms with Gasteiger partial charge in [-0.2, -0.15) is 0 Å². The molecule has 1 aliphatic heterocycles. The fourth-order valence-corrected chi connectivity index (χ4v) is 3.99. The van der Waals surface area contributed by atoms with E-state index in [9.17, 15) is 18.0 Å². The molecule has 0 spiro atoms. The number of nitrogens with one attached hydrogen (secondary N) is 1. The fraction of sp³-hybridized carbons (Fsp3) is 0.333. The largest absolute Gasteiger partial charge is 0.366 e. The van der Waals surface area contributed by atoms with Crippen LogP contribution < -0.4 is 11.1 Å². The summed E-state index contributed by atoms with van der Waals surface area (Å²) in [5.41, 5.74) is 5.62. The van der Waals surface area contributed by atoms with Crippen LogP contribution in [0.25, 0.3) is 0 Å². The Morgan fingerprint density at radius 2 is 2.05 bits per heavy atom. The van der Waals surface area contributed by atoms with Gasteiger partial charge in [-0.1, -0.05) is 11.6 Å². The number of hydrogen-bond donors (Lipinski definition) is 2. The van der Waals surface area contributed by atoms with E-state index in [1.54, 1.807) is 0 Å². The summed E-state index contributed by atoms with van der Waals surface area (Å²) in [6.07, 6.45) is 0.310. The Kier molecular flexibility index (Phi) is 4.01. The fourth-order valence-electron chi connectivity index (χ4n) is 2.04. The molecule has 1 aliphatic rings. The van der Waals surface area contributed by atoms with Gasteiger partial charge in [0.25, 0.3) is 0 Å². The molecule has 0 aliphatic carbocycles. The van der Waals surface area contributed by atoms with Crippen LogP contribution in [0.1, 0.15) is 16.8 Å². The number of sulfone groups is 1. The normalized spacial score (nSPS) is 20.6. The Bertz CT molecular complexity index is 672. The summed E-state index contributed by atoms with van der Waals surface area (Å²) >= 11 is 5.80. The molecule has 0 aromatic heterocycles. The molecule has 3 N–H and O–H groups in total. The monoisotopic (exact) mass is 316 g/mol. The lowest BCUT2D eigenvalue weighted by molar-refractivity contribution is -0.119. The number of carbonyl (C=O) groups excluding carboxylic acids is 2. The van der Waals surface area contributed by atoms with Crippen molar-refractivity contribution >= 4 is 38.9 Å². The summed E-state index contributed by atoms with van der Waals surface area (Å²) < 4.78 is 22.7. The van der Waals surface area contributed by atoms with Crippen molar-refractivity contribution in [2.45, 2.75) is 6.42 Å². The molecule has 20 heavy (non-hydrogen) atoms. The highest BCUT2D eigenvalue weighted by Crippen LogP contribution is 2.23. The molecule has 1 atom stereocenters. The number of hydrogen-bond acceptors (Lipinski definition) is 4. The lowest BCUT2D eigenvalue weighted by Crippen LogP contribution is -2.24. The molecule has 6 nitrogen and oxygen atoms in total. The Labute approximate surface area is 121 Å². The molecule has 1 aromatic carbocycles. The smallest absolute Gasteiger partial charge is 0.250 e. The molecule has 1 aromatic rings. The molecule has 2 rings (SSSR count). The lowest BCUT2D eigenvalue weighted by Gasteiger charge is -2.10. The summed E-state index contributed by atoms with van der Waals surface area (Å²) in [5.74, 6) is -1.76. The third-order valence-electron chi connectivity index (χ3n) is 3.10. The average Bonchev–Trinajstić information content (AvgIpc) is 2.72. The van der Waals surface area contributed by atoms with Crippen LogP contribution in [0.4, 0.5) is 5.69 Å². The maximum absolute atomic E-state index is 11.9. The summed E-state index contributed by atoms with van der Waals surface area (Å²) in [6, 6.07) is 4.34. The highest BCUT2D eigenvalue weighted by molar-refractivity contribution is 7.91. The van der Waals surface area contributed by atoms with Crippen LogP contribution in [0.2, 0.25) is 5.02 Å². The van der Waals surface area contributed by atoms with E-state index in [-0.39, 0.29) is 28.0 Å². The van der Waals surface area contributed by atoms with Crippen molar-refractivity contribution in [1.82, 2.24) is 0 Å². The number of anilines is 1. The second-order valence-corrected chi connectivity index (χ2v) is 7.28. The van der Waals surface area contributed by atoms with Crippen LogP contribution in [0.3, 0.4) is 0 Å². The third kappa shape index (κ3) is 3.29. The maximum atomic E-state index is 11.9. The van der Waals surface area contributed by atoms with Crippen molar-refractivity contribution in [2.24, 2.45) is 11.7 Å². The predicted octanol–water partition coefficient (Wildman–Crippen LogP) is 0.812. The predicted molar refractivity (Wildman–Crippen MR) is 75.4 cm³/mol. The minimum absolute atomic E-state index is 0.0260. The second-order valence-electron chi connectivity index (χ2n) is 4.65. The highest BCUT2D eigenvalue weighted by Gasteiger charge is 2.32. The number of halogens is 1. The minimum atomic E-state index is -3.12. The SMILES string of the molecule is NC(=O)c1cc(NC(=O)[C@H]2CCS(=O)(=O)C2)ccc1Cl. The van der Waals surface area contributed by atoms with Crippen molar-refractivity contribution in [3.05, 3.63) is 28.8 Å².